The van der Waals surface area contributed by atoms with E-state index in [2.05, 4.69) is 20.3 Å². The van der Waals surface area contributed by atoms with Gasteiger partial charge in [0.1, 0.15) is 0 Å². The van der Waals surface area contributed by atoms with Crippen LogP contribution in [0.5, 0.6) is 11.5 Å². The molecule has 2 aromatic heterocycles. The molecule has 0 saturated carbocycles. The monoisotopic (exact) mass is 411 g/mol. The van der Waals surface area contributed by atoms with Crippen LogP contribution in [0.2, 0.25) is 0 Å². The number of aromatic nitrogens is 4. The lowest BCUT2D eigenvalue weighted by molar-refractivity contribution is 0.0729. The van der Waals surface area contributed by atoms with Gasteiger partial charge in [-0.2, -0.15) is 14.9 Å². The number of H-pyrrole nitrogens is 1. The number of aromatic amines is 1. The average molecular weight is 411 g/mol. The van der Waals surface area contributed by atoms with Crippen LogP contribution in [0.4, 0.5) is 0 Å². The Bertz CT molecular complexity index is 1100. The summed E-state index contributed by atoms with van der Waals surface area (Å²) in [6.07, 6.45) is 4.66. The Morgan fingerprint density at radius 1 is 1.28 bits per heavy atom. The van der Waals surface area contributed by atoms with Crippen LogP contribution in [0, 0.1) is 4.77 Å². The van der Waals surface area contributed by atoms with Gasteiger partial charge in [0.2, 0.25) is 4.77 Å². The molecule has 29 heavy (non-hydrogen) atoms. The Balaban J connectivity index is 1.85. The molecule has 3 aromatic rings. The number of hydrogen-bond acceptors (Lipinski definition) is 7. The number of esters is 1. The van der Waals surface area contributed by atoms with Crippen LogP contribution in [-0.2, 0) is 5.41 Å². The molecule has 0 aliphatic rings. The zero-order valence-corrected chi connectivity index (χ0v) is 17.4. The smallest absolute Gasteiger partial charge is 0.345 e. The van der Waals surface area contributed by atoms with Crippen molar-refractivity contribution in [3.8, 4) is 11.5 Å². The van der Waals surface area contributed by atoms with Gasteiger partial charge in [-0.05, 0) is 48.1 Å². The fraction of sp³-hybridized carbons (Fsp3) is 0.250. The predicted molar refractivity (Wildman–Crippen MR) is 111 cm³/mol. The zero-order valence-electron chi connectivity index (χ0n) is 16.5. The maximum absolute atomic E-state index is 12.2. The third-order valence-electron chi connectivity index (χ3n) is 3.93. The minimum absolute atomic E-state index is 0.229. The molecule has 150 valence electrons. The highest BCUT2D eigenvalue weighted by Gasteiger charge is 2.21. The van der Waals surface area contributed by atoms with Crippen molar-refractivity contribution in [1.82, 2.24) is 19.9 Å². The number of nitrogens with one attached hydrogen (secondary N) is 1. The van der Waals surface area contributed by atoms with Crippen LogP contribution >= 0.6 is 12.2 Å². The Morgan fingerprint density at radius 2 is 2.07 bits per heavy atom. The average Bonchev–Trinajstić information content (AvgIpc) is 3.08. The maximum atomic E-state index is 12.2. The van der Waals surface area contributed by atoms with E-state index >= 15 is 0 Å². The Labute approximate surface area is 173 Å². The number of carbonyl (C=O) groups is 1. The molecule has 0 aliphatic heterocycles. The Hall–Kier alpha value is -3.33. The van der Waals surface area contributed by atoms with Gasteiger partial charge in [0.15, 0.2) is 17.3 Å². The van der Waals surface area contributed by atoms with Gasteiger partial charge in [0.05, 0.1) is 18.9 Å². The number of benzene rings is 1. The third kappa shape index (κ3) is 4.75. The molecule has 8 nitrogen and oxygen atoms in total. The van der Waals surface area contributed by atoms with Gasteiger partial charge in [0.25, 0.3) is 0 Å². The molecule has 0 saturated heterocycles. The van der Waals surface area contributed by atoms with Gasteiger partial charge in [-0.25, -0.2) is 4.79 Å². The molecule has 2 heterocycles. The van der Waals surface area contributed by atoms with E-state index < -0.39 is 5.97 Å². The van der Waals surface area contributed by atoms with Gasteiger partial charge in [-0.1, -0.05) is 20.8 Å². The summed E-state index contributed by atoms with van der Waals surface area (Å²) in [7, 11) is 1.50. The van der Waals surface area contributed by atoms with Crippen LogP contribution in [0.1, 0.15) is 42.5 Å². The molecule has 0 amide bonds. The zero-order chi connectivity index (χ0) is 21.0. The molecule has 1 N–H and O–H groups in total. The van der Waals surface area contributed by atoms with E-state index in [9.17, 15) is 4.79 Å². The predicted octanol–water partition coefficient (Wildman–Crippen LogP) is 3.74. The van der Waals surface area contributed by atoms with Crippen LogP contribution in [0.25, 0.3) is 0 Å². The number of nitrogens with zero attached hydrogens (tertiary/aromatic N) is 4. The Kier molecular flexibility index (Phi) is 5.88. The molecule has 0 unspecified atom stereocenters. The largest absolute Gasteiger partial charge is 0.493 e. The van der Waals surface area contributed by atoms with Crippen molar-refractivity contribution in [1.29, 1.82) is 0 Å². The van der Waals surface area contributed by atoms with Crippen LogP contribution in [-0.4, -0.2) is 39.2 Å². The first-order valence-electron chi connectivity index (χ1n) is 8.82. The summed E-state index contributed by atoms with van der Waals surface area (Å²) in [6, 6.07) is 8.42. The SMILES string of the molecule is COc1cc(/C=N\n2c(C(C)(C)C)n[nH]c2=S)ccc1OC(=O)c1cccnc1. The summed E-state index contributed by atoms with van der Waals surface area (Å²) in [5, 5.41) is 11.5. The van der Waals surface area contributed by atoms with Gasteiger partial charge < -0.3 is 9.47 Å². The molecule has 1 aromatic carbocycles. The second-order valence-corrected chi connectivity index (χ2v) is 7.59. The van der Waals surface area contributed by atoms with Gasteiger partial charge in [-0.3, -0.25) is 10.1 Å². The molecule has 0 atom stereocenters. The van der Waals surface area contributed by atoms with Crippen LogP contribution in [0.15, 0.2) is 47.8 Å². The lowest BCUT2D eigenvalue weighted by Crippen LogP contribution is -2.17. The van der Waals surface area contributed by atoms with E-state index in [0.29, 0.717) is 27.7 Å². The van der Waals surface area contributed by atoms with Gasteiger partial charge in [-0.15, -0.1) is 0 Å². The standard InChI is InChI=1S/C20H21N5O3S/c1-20(2,3)18-23-24-19(29)25(18)22-11-13-7-8-15(16(10-13)27-4)28-17(26)14-6-5-9-21-12-14/h5-12H,1-4H3,(H,24,29)/b22-11-. The van der Waals surface area contributed by atoms with Crippen molar-refractivity contribution in [3.05, 3.63) is 64.4 Å². The highest BCUT2D eigenvalue weighted by molar-refractivity contribution is 7.71. The number of hydrogen-bond donors (Lipinski definition) is 1. The number of pyridine rings is 1. The molecular weight excluding hydrogens is 390 g/mol. The fourth-order valence-corrected chi connectivity index (χ4v) is 2.68. The molecule has 0 fully saturated rings. The quantitative estimate of drug-likeness (QED) is 0.297. The first-order chi connectivity index (χ1) is 13.8. The summed E-state index contributed by atoms with van der Waals surface area (Å²) in [5.74, 6) is 0.900. The number of methoxy groups -OCH3 is 1. The number of carbonyl (C=O) groups excluding carboxylic acids is 1. The van der Waals surface area contributed by atoms with E-state index in [1.54, 1.807) is 47.4 Å². The van der Waals surface area contributed by atoms with Gasteiger partial charge >= 0.3 is 5.97 Å². The molecule has 3 rings (SSSR count). The summed E-state index contributed by atoms with van der Waals surface area (Å²) < 4.78 is 12.8. The molecule has 0 spiro atoms. The minimum atomic E-state index is -0.516. The second kappa shape index (κ2) is 8.36. The van der Waals surface area contributed by atoms with Gasteiger partial charge in [0, 0.05) is 17.8 Å². The maximum Gasteiger partial charge on any atom is 0.345 e. The summed E-state index contributed by atoms with van der Waals surface area (Å²) >= 11 is 5.26. The van der Waals surface area contributed by atoms with E-state index in [1.807, 2.05) is 20.8 Å². The first kappa shape index (κ1) is 20.4. The highest BCUT2D eigenvalue weighted by atomic mass is 32.1. The molecule has 0 bridgehead atoms. The van der Waals surface area contributed by atoms with E-state index in [1.165, 1.54) is 13.3 Å². The molecule has 9 heteroatoms. The van der Waals surface area contributed by atoms with E-state index in [4.69, 9.17) is 21.7 Å². The summed E-state index contributed by atoms with van der Waals surface area (Å²) in [4.78, 5) is 16.2. The van der Waals surface area contributed by atoms with Crippen LogP contribution < -0.4 is 9.47 Å². The number of rotatable bonds is 5. The number of ether oxygens (including phenoxy) is 2. The lowest BCUT2D eigenvalue weighted by atomic mass is 9.96. The lowest BCUT2D eigenvalue weighted by Gasteiger charge is -2.15. The highest BCUT2D eigenvalue weighted by Crippen LogP contribution is 2.28. The van der Waals surface area contributed by atoms with Crippen molar-refractivity contribution in [2.24, 2.45) is 5.10 Å². The van der Waals surface area contributed by atoms with Crippen molar-refractivity contribution in [2.75, 3.05) is 7.11 Å². The van der Waals surface area contributed by atoms with Crippen LogP contribution in [0.3, 0.4) is 0 Å². The van der Waals surface area contributed by atoms with E-state index in [0.717, 1.165) is 5.56 Å². The minimum Gasteiger partial charge on any atom is -0.493 e. The van der Waals surface area contributed by atoms with Crippen molar-refractivity contribution in [2.45, 2.75) is 26.2 Å². The van der Waals surface area contributed by atoms with Crippen molar-refractivity contribution >= 4 is 24.4 Å². The molecule has 0 radical (unpaired) electrons. The first-order valence-corrected chi connectivity index (χ1v) is 9.23. The third-order valence-corrected chi connectivity index (χ3v) is 4.20. The normalized spacial score (nSPS) is 11.6. The Morgan fingerprint density at radius 3 is 2.72 bits per heavy atom. The van der Waals surface area contributed by atoms with E-state index in [-0.39, 0.29) is 5.41 Å². The molecular formula is C20H21N5O3S. The topological polar surface area (TPSA) is 94.4 Å². The van der Waals surface area contributed by atoms with Crippen molar-refractivity contribution in [3.63, 3.8) is 0 Å². The summed E-state index contributed by atoms with van der Waals surface area (Å²) in [6.45, 7) is 6.08. The molecule has 0 aliphatic carbocycles. The summed E-state index contributed by atoms with van der Waals surface area (Å²) in [5.41, 5.74) is 0.864. The van der Waals surface area contributed by atoms with Crippen molar-refractivity contribution < 1.29 is 14.3 Å². The fourth-order valence-electron chi connectivity index (χ4n) is 2.50. The second-order valence-electron chi connectivity index (χ2n) is 7.20.